The summed E-state index contributed by atoms with van der Waals surface area (Å²) in [5, 5.41) is 17.5. The second-order valence-corrected chi connectivity index (χ2v) is 6.24. The molecule has 1 heterocycles. The molecule has 1 aromatic carbocycles. The summed E-state index contributed by atoms with van der Waals surface area (Å²) in [6, 6.07) is 4.74. The number of urea groups is 1. The Balaban J connectivity index is 1.86. The number of benzene rings is 1. The lowest BCUT2D eigenvalue weighted by Gasteiger charge is -2.34. The number of likely N-dealkylation sites (tertiary alicyclic amines) is 1. The normalized spacial score (nSPS) is 17.4. The minimum atomic E-state index is -0.337. The SMILES string of the molecule is CNC(=O)c1cc(NC(=O)NCCN2CCCC[C@@H]2CO)ccc1OC. The summed E-state index contributed by atoms with van der Waals surface area (Å²) < 4.78 is 5.17. The molecule has 3 amide bonds. The molecule has 0 saturated carbocycles. The number of ether oxygens (including phenoxy) is 1. The second-order valence-electron chi connectivity index (χ2n) is 6.24. The van der Waals surface area contributed by atoms with Crippen LogP contribution in [-0.2, 0) is 0 Å². The summed E-state index contributed by atoms with van der Waals surface area (Å²) in [5.74, 6) is 0.154. The van der Waals surface area contributed by atoms with E-state index in [4.69, 9.17) is 4.74 Å². The molecule has 4 N–H and O–H groups in total. The molecule has 8 nitrogen and oxygen atoms in total. The molecule has 0 aliphatic carbocycles. The van der Waals surface area contributed by atoms with Crippen LogP contribution in [0.15, 0.2) is 18.2 Å². The highest BCUT2D eigenvalue weighted by Crippen LogP contribution is 2.22. The maximum absolute atomic E-state index is 12.1. The molecule has 0 radical (unpaired) electrons. The first-order chi connectivity index (χ1) is 12.6. The third kappa shape index (κ3) is 5.34. The van der Waals surface area contributed by atoms with Crippen molar-refractivity contribution in [3.63, 3.8) is 0 Å². The van der Waals surface area contributed by atoms with Crippen LogP contribution in [-0.4, -0.2) is 68.4 Å². The third-order valence-corrected chi connectivity index (χ3v) is 4.57. The van der Waals surface area contributed by atoms with E-state index in [2.05, 4.69) is 20.9 Å². The summed E-state index contributed by atoms with van der Waals surface area (Å²) in [6.45, 7) is 2.29. The Morgan fingerprint density at radius 1 is 1.35 bits per heavy atom. The van der Waals surface area contributed by atoms with Gasteiger partial charge in [0, 0.05) is 31.9 Å². The van der Waals surface area contributed by atoms with Crippen molar-refractivity contribution in [3.8, 4) is 5.75 Å². The Morgan fingerprint density at radius 3 is 2.85 bits per heavy atom. The largest absolute Gasteiger partial charge is 0.496 e. The molecular weight excluding hydrogens is 336 g/mol. The van der Waals surface area contributed by atoms with Crippen LogP contribution in [0.2, 0.25) is 0 Å². The minimum Gasteiger partial charge on any atom is -0.496 e. The predicted molar refractivity (Wildman–Crippen MR) is 99.7 cm³/mol. The number of aliphatic hydroxyl groups excluding tert-OH is 1. The van der Waals surface area contributed by atoms with Gasteiger partial charge >= 0.3 is 6.03 Å². The first-order valence-electron chi connectivity index (χ1n) is 8.89. The van der Waals surface area contributed by atoms with Gasteiger partial charge in [-0.1, -0.05) is 6.42 Å². The molecule has 1 saturated heterocycles. The molecule has 8 heteroatoms. The molecule has 0 aromatic heterocycles. The van der Waals surface area contributed by atoms with Crippen molar-refractivity contribution in [2.75, 3.05) is 45.7 Å². The molecular formula is C18H28N4O4. The molecule has 1 aliphatic heterocycles. The Morgan fingerprint density at radius 2 is 2.15 bits per heavy atom. The molecule has 2 rings (SSSR count). The van der Waals surface area contributed by atoms with Crippen molar-refractivity contribution in [3.05, 3.63) is 23.8 Å². The van der Waals surface area contributed by atoms with Crippen molar-refractivity contribution in [1.82, 2.24) is 15.5 Å². The van der Waals surface area contributed by atoms with Gasteiger partial charge in [-0.3, -0.25) is 9.69 Å². The van der Waals surface area contributed by atoms with Gasteiger partial charge in [-0.2, -0.15) is 0 Å². The van der Waals surface area contributed by atoms with E-state index in [-0.39, 0.29) is 24.6 Å². The predicted octanol–water partition coefficient (Wildman–Crippen LogP) is 1.02. The van der Waals surface area contributed by atoms with E-state index in [1.165, 1.54) is 14.2 Å². The minimum absolute atomic E-state index is 0.153. The summed E-state index contributed by atoms with van der Waals surface area (Å²) in [6.07, 6.45) is 3.26. The quantitative estimate of drug-likeness (QED) is 0.579. The number of rotatable bonds is 7. The molecule has 1 aliphatic rings. The molecule has 0 bridgehead atoms. The molecule has 0 unspecified atom stereocenters. The summed E-state index contributed by atoms with van der Waals surface area (Å²) in [5.41, 5.74) is 0.861. The summed E-state index contributed by atoms with van der Waals surface area (Å²) in [7, 11) is 3.02. The third-order valence-electron chi connectivity index (χ3n) is 4.57. The number of carbonyl (C=O) groups excluding carboxylic acids is 2. The van der Waals surface area contributed by atoms with Crippen LogP contribution in [0.25, 0.3) is 0 Å². The highest BCUT2D eigenvalue weighted by molar-refractivity contribution is 5.99. The monoisotopic (exact) mass is 364 g/mol. The van der Waals surface area contributed by atoms with Crippen LogP contribution in [0.4, 0.5) is 10.5 Å². The maximum atomic E-state index is 12.1. The van der Waals surface area contributed by atoms with Crippen molar-refractivity contribution in [1.29, 1.82) is 0 Å². The number of aliphatic hydroxyl groups is 1. The van der Waals surface area contributed by atoms with E-state index in [1.807, 2.05) is 0 Å². The van der Waals surface area contributed by atoms with Crippen LogP contribution >= 0.6 is 0 Å². The average molecular weight is 364 g/mol. The lowest BCUT2D eigenvalue weighted by molar-refractivity contribution is 0.0917. The smallest absolute Gasteiger partial charge is 0.319 e. The molecule has 1 fully saturated rings. The van der Waals surface area contributed by atoms with Crippen LogP contribution in [0.3, 0.4) is 0 Å². The van der Waals surface area contributed by atoms with Gasteiger partial charge in [0.25, 0.3) is 5.91 Å². The second kappa shape index (κ2) is 9.98. The fourth-order valence-electron chi connectivity index (χ4n) is 3.15. The fraction of sp³-hybridized carbons (Fsp3) is 0.556. The van der Waals surface area contributed by atoms with E-state index in [0.29, 0.717) is 30.1 Å². The van der Waals surface area contributed by atoms with Gasteiger partial charge in [0.1, 0.15) is 5.75 Å². The number of methoxy groups -OCH3 is 1. The molecule has 1 atom stereocenters. The number of hydrogen-bond donors (Lipinski definition) is 4. The van der Waals surface area contributed by atoms with Gasteiger partial charge in [-0.25, -0.2) is 4.79 Å². The van der Waals surface area contributed by atoms with Gasteiger partial charge in [0.15, 0.2) is 0 Å². The van der Waals surface area contributed by atoms with Crippen molar-refractivity contribution >= 4 is 17.6 Å². The molecule has 144 valence electrons. The molecule has 1 aromatic rings. The zero-order valence-electron chi connectivity index (χ0n) is 15.4. The van der Waals surface area contributed by atoms with E-state index in [1.54, 1.807) is 18.2 Å². The Labute approximate surface area is 153 Å². The fourth-order valence-corrected chi connectivity index (χ4v) is 3.15. The zero-order valence-corrected chi connectivity index (χ0v) is 15.4. The number of nitrogens with zero attached hydrogens (tertiary/aromatic N) is 1. The highest BCUT2D eigenvalue weighted by atomic mass is 16.5. The standard InChI is InChI=1S/C18H28N4O4/c1-19-17(24)15-11-13(6-7-16(15)26-2)21-18(25)20-8-10-22-9-4-3-5-14(22)12-23/h6-7,11,14,23H,3-5,8-10,12H2,1-2H3,(H,19,24)(H2,20,21,25)/t14-/m1/s1. The molecule has 26 heavy (non-hydrogen) atoms. The van der Waals surface area contributed by atoms with E-state index in [0.717, 1.165) is 25.8 Å². The topological polar surface area (TPSA) is 103 Å². The van der Waals surface area contributed by atoms with Crippen molar-refractivity contribution in [2.24, 2.45) is 0 Å². The van der Waals surface area contributed by atoms with Gasteiger partial charge in [0.05, 0.1) is 19.3 Å². The zero-order chi connectivity index (χ0) is 18.9. The van der Waals surface area contributed by atoms with Crippen molar-refractivity contribution < 1.29 is 19.4 Å². The average Bonchev–Trinajstić information content (AvgIpc) is 2.67. The van der Waals surface area contributed by atoms with Crippen LogP contribution in [0, 0.1) is 0 Å². The van der Waals surface area contributed by atoms with Gasteiger partial charge in [0.2, 0.25) is 0 Å². The first kappa shape index (κ1) is 20.0. The highest BCUT2D eigenvalue weighted by Gasteiger charge is 2.21. The van der Waals surface area contributed by atoms with Gasteiger partial charge < -0.3 is 25.8 Å². The van der Waals surface area contributed by atoms with E-state index >= 15 is 0 Å². The van der Waals surface area contributed by atoms with Gasteiger partial charge in [-0.05, 0) is 37.6 Å². The van der Waals surface area contributed by atoms with Crippen LogP contribution in [0.5, 0.6) is 5.75 Å². The van der Waals surface area contributed by atoms with Gasteiger partial charge in [-0.15, -0.1) is 0 Å². The number of piperidine rings is 1. The van der Waals surface area contributed by atoms with Crippen molar-refractivity contribution in [2.45, 2.75) is 25.3 Å². The number of nitrogens with one attached hydrogen (secondary N) is 3. The number of anilines is 1. The summed E-state index contributed by atoms with van der Waals surface area (Å²) in [4.78, 5) is 26.2. The van der Waals surface area contributed by atoms with Crippen LogP contribution < -0.4 is 20.7 Å². The Hall–Kier alpha value is -2.32. The number of hydrogen-bond acceptors (Lipinski definition) is 5. The summed E-state index contributed by atoms with van der Waals surface area (Å²) >= 11 is 0. The lowest BCUT2D eigenvalue weighted by atomic mass is 10.0. The van der Waals surface area contributed by atoms with E-state index in [9.17, 15) is 14.7 Å². The Bertz CT molecular complexity index is 623. The Kier molecular flexibility index (Phi) is 7.68. The van der Waals surface area contributed by atoms with E-state index < -0.39 is 0 Å². The lowest BCUT2D eigenvalue weighted by Crippen LogP contribution is -2.46. The number of carbonyl (C=O) groups is 2. The number of amides is 3. The molecule has 0 spiro atoms. The first-order valence-corrected chi connectivity index (χ1v) is 8.89. The van der Waals surface area contributed by atoms with Crippen LogP contribution in [0.1, 0.15) is 29.6 Å². The maximum Gasteiger partial charge on any atom is 0.319 e.